The topological polar surface area (TPSA) is 46.5 Å². The van der Waals surface area contributed by atoms with Crippen molar-refractivity contribution in [3.63, 3.8) is 0 Å². The molecule has 2 rings (SSSR count). The highest BCUT2D eigenvalue weighted by molar-refractivity contribution is 5.79. The van der Waals surface area contributed by atoms with E-state index >= 15 is 0 Å². The SMILES string of the molecule is C[C@@]1(O)CCC[C@@]12CCCOC2=O. The molecular weight excluding hydrogens is 168 g/mol. The van der Waals surface area contributed by atoms with Crippen molar-refractivity contribution in [3.05, 3.63) is 0 Å². The number of carbonyl (C=O) groups excluding carboxylic acids is 1. The van der Waals surface area contributed by atoms with Crippen LogP contribution in [0, 0.1) is 5.41 Å². The van der Waals surface area contributed by atoms with Crippen LogP contribution in [0.15, 0.2) is 0 Å². The van der Waals surface area contributed by atoms with Crippen LogP contribution < -0.4 is 0 Å². The Hall–Kier alpha value is -0.570. The summed E-state index contributed by atoms with van der Waals surface area (Å²) in [7, 11) is 0. The first-order chi connectivity index (χ1) is 6.08. The van der Waals surface area contributed by atoms with E-state index in [-0.39, 0.29) is 5.97 Å². The minimum Gasteiger partial charge on any atom is -0.465 e. The van der Waals surface area contributed by atoms with E-state index in [2.05, 4.69) is 0 Å². The number of cyclic esters (lactones) is 1. The number of rotatable bonds is 0. The lowest BCUT2D eigenvalue weighted by molar-refractivity contribution is -0.178. The third kappa shape index (κ3) is 1.10. The first-order valence-electron chi connectivity index (χ1n) is 4.98. The average Bonchev–Trinajstić information content (AvgIpc) is 2.35. The van der Waals surface area contributed by atoms with Gasteiger partial charge in [0.25, 0.3) is 0 Å². The van der Waals surface area contributed by atoms with Crippen LogP contribution in [0.25, 0.3) is 0 Å². The normalized spacial score (nSPS) is 45.2. The predicted octanol–water partition coefficient (Wildman–Crippen LogP) is 1.24. The fourth-order valence-electron chi connectivity index (χ4n) is 2.74. The molecule has 2 aliphatic rings. The third-order valence-corrected chi connectivity index (χ3v) is 3.67. The highest BCUT2D eigenvalue weighted by atomic mass is 16.5. The largest absolute Gasteiger partial charge is 0.465 e. The Bertz CT molecular complexity index is 234. The summed E-state index contributed by atoms with van der Waals surface area (Å²) < 4.78 is 5.05. The van der Waals surface area contributed by atoms with Gasteiger partial charge in [-0.3, -0.25) is 4.79 Å². The van der Waals surface area contributed by atoms with Gasteiger partial charge in [-0.15, -0.1) is 0 Å². The van der Waals surface area contributed by atoms with Gasteiger partial charge in [0.1, 0.15) is 0 Å². The molecule has 2 fully saturated rings. The molecule has 0 bridgehead atoms. The number of esters is 1. The van der Waals surface area contributed by atoms with E-state index in [0.29, 0.717) is 6.61 Å². The smallest absolute Gasteiger partial charge is 0.314 e. The first-order valence-corrected chi connectivity index (χ1v) is 4.98. The molecule has 0 amide bonds. The molecule has 1 aliphatic carbocycles. The van der Waals surface area contributed by atoms with E-state index in [1.54, 1.807) is 6.92 Å². The predicted molar refractivity (Wildman–Crippen MR) is 47.1 cm³/mol. The van der Waals surface area contributed by atoms with Gasteiger partial charge in [0, 0.05) is 0 Å². The Balaban J connectivity index is 2.31. The van der Waals surface area contributed by atoms with Crippen LogP contribution in [-0.4, -0.2) is 23.3 Å². The molecule has 0 radical (unpaired) electrons. The van der Waals surface area contributed by atoms with Gasteiger partial charge in [-0.2, -0.15) is 0 Å². The zero-order chi connectivity index (χ0) is 9.53. The zero-order valence-corrected chi connectivity index (χ0v) is 8.01. The van der Waals surface area contributed by atoms with Gasteiger partial charge in [-0.1, -0.05) is 0 Å². The maximum atomic E-state index is 11.7. The molecule has 1 aliphatic heterocycles. The molecule has 13 heavy (non-hydrogen) atoms. The molecule has 0 aromatic rings. The van der Waals surface area contributed by atoms with E-state index in [1.165, 1.54) is 0 Å². The summed E-state index contributed by atoms with van der Waals surface area (Å²) >= 11 is 0. The maximum Gasteiger partial charge on any atom is 0.314 e. The molecule has 1 saturated heterocycles. The summed E-state index contributed by atoms with van der Waals surface area (Å²) in [4.78, 5) is 11.7. The van der Waals surface area contributed by atoms with Gasteiger partial charge in [0.15, 0.2) is 0 Å². The van der Waals surface area contributed by atoms with Gasteiger partial charge in [0.05, 0.1) is 17.6 Å². The van der Waals surface area contributed by atoms with E-state index in [4.69, 9.17) is 4.74 Å². The molecule has 2 atom stereocenters. The minimum atomic E-state index is -0.843. The molecule has 3 nitrogen and oxygen atoms in total. The van der Waals surface area contributed by atoms with E-state index < -0.39 is 11.0 Å². The molecular formula is C10H16O3. The van der Waals surface area contributed by atoms with Crippen molar-refractivity contribution in [2.75, 3.05) is 6.61 Å². The van der Waals surface area contributed by atoms with Crippen LogP contribution in [0.5, 0.6) is 0 Å². The highest BCUT2D eigenvalue weighted by Gasteiger charge is 2.57. The standard InChI is InChI=1S/C10H16O3/c1-9(12)4-2-5-10(9)6-3-7-13-8(10)11/h12H,2-7H2,1H3/t9-,10+/m1/s1. The molecule has 0 unspecified atom stereocenters. The third-order valence-electron chi connectivity index (χ3n) is 3.67. The minimum absolute atomic E-state index is 0.179. The Morgan fingerprint density at radius 1 is 1.31 bits per heavy atom. The molecule has 3 heteroatoms. The summed E-state index contributed by atoms with van der Waals surface area (Å²) in [5, 5.41) is 10.1. The van der Waals surface area contributed by atoms with Crippen LogP contribution in [0.3, 0.4) is 0 Å². The first kappa shape index (κ1) is 9.00. The average molecular weight is 184 g/mol. The lowest BCUT2D eigenvalue weighted by atomic mass is 9.71. The van der Waals surface area contributed by atoms with Crippen molar-refractivity contribution >= 4 is 5.97 Å². The van der Waals surface area contributed by atoms with Crippen molar-refractivity contribution in [1.82, 2.24) is 0 Å². The van der Waals surface area contributed by atoms with E-state index in [0.717, 1.165) is 32.1 Å². The summed E-state index contributed by atoms with van der Waals surface area (Å²) in [6, 6.07) is 0. The number of carbonyl (C=O) groups is 1. The summed E-state index contributed by atoms with van der Waals surface area (Å²) in [5.74, 6) is -0.179. The van der Waals surface area contributed by atoms with Gasteiger partial charge in [-0.25, -0.2) is 0 Å². The Morgan fingerprint density at radius 3 is 2.54 bits per heavy atom. The molecule has 1 heterocycles. The quantitative estimate of drug-likeness (QED) is 0.576. The van der Waals surface area contributed by atoms with Gasteiger partial charge in [0.2, 0.25) is 0 Å². The Morgan fingerprint density at radius 2 is 2.00 bits per heavy atom. The number of hydrogen-bond acceptors (Lipinski definition) is 3. The van der Waals surface area contributed by atoms with Crippen LogP contribution >= 0.6 is 0 Å². The molecule has 74 valence electrons. The molecule has 0 aromatic heterocycles. The van der Waals surface area contributed by atoms with Crippen LogP contribution in [-0.2, 0) is 9.53 Å². The maximum absolute atomic E-state index is 11.7. The molecule has 0 aromatic carbocycles. The second-order valence-corrected chi connectivity index (χ2v) is 4.45. The van der Waals surface area contributed by atoms with Crippen molar-refractivity contribution in [2.45, 2.75) is 44.6 Å². The van der Waals surface area contributed by atoms with Crippen molar-refractivity contribution in [2.24, 2.45) is 5.41 Å². The van der Waals surface area contributed by atoms with Crippen molar-refractivity contribution < 1.29 is 14.6 Å². The lowest BCUT2D eigenvalue weighted by Gasteiger charge is -2.40. The Labute approximate surface area is 78.1 Å². The van der Waals surface area contributed by atoms with Crippen LogP contribution in [0.1, 0.15) is 39.0 Å². The fraction of sp³-hybridized carbons (Fsp3) is 0.900. The molecule has 1 saturated carbocycles. The van der Waals surface area contributed by atoms with Gasteiger partial charge < -0.3 is 9.84 Å². The number of hydrogen-bond donors (Lipinski definition) is 1. The monoisotopic (exact) mass is 184 g/mol. The fourth-order valence-corrected chi connectivity index (χ4v) is 2.74. The van der Waals surface area contributed by atoms with E-state index in [1.807, 2.05) is 0 Å². The van der Waals surface area contributed by atoms with Crippen molar-refractivity contribution in [3.8, 4) is 0 Å². The van der Waals surface area contributed by atoms with Gasteiger partial charge in [-0.05, 0) is 39.0 Å². The van der Waals surface area contributed by atoms with Crippen molar-refractivity contribution in [1.29, 1.82) is 0 Å². The second kappa shape index (κ2) is 2.71. The Kier molecular flexibility index (Phi) is 1.88. The van der Waals surface area contributed by atoms with Crippen LogP contribution in [0.2, 0.25) is 0 Å². The zero-order valence-electron chi connectivity index (χ0n) is 8.01. The number of ether oxygens (including phenoxy) is 1. The van der Waals surface area contributed by atoms with Gasteiger partial charge >= 0.3 is 5.97 Å². The molecule has 1 N–H and O–H groups in total. The van der Waals surface area contributed by atoms with E-state index in [9.17, 15) is 9.90 Å². The summed E-state index contributed by atoms with van der Waals surface area (Å²) in [6.07, 6.45) is 4.13. The highest BCUT2D eigenvalue weighted by Crippen LogP contribution is 2.51. The summed E-state index contributed by atoms with van der Waals surface area (Å²) in [6.45, 7) is 2.29. The molecule has 1 spiro atoms. The lowest BCUT2D eigenvalue weighted by Crippen LogP contribution is -2.50. The summed E-state index contributed by atoms with van der Waals surface area (Å²) in [5.41, 5.74) is -1.42. The number of aliphatic hydroxyl groups is 1. The second-order valence-electron chi connectivity index (χ2n) is 4.45. The van der Waals surface area contributed by atoms with Crippen LogP contribution in [0.4, 0.5) is 0 Å².